The first-order valence-electron chi connectivity index (χ1n) is 9.49. The second kappa shape index (κ2) is 11.4. The Bertz CT molecular complexity index is 1130. The molecular formula is C23H18Cl4N2O3. The van der Waals surface area contributed by atoms with Crippen LogP contribution < -0.4 is 14.9 Å². The Morgan fingerprint density at radius 2 is 1.66 bits per heavy atom. The lowest BCUT2D eigenvalue weighted by Crippen LogP contribution is -2.17. The van der Waals surface area contributed by atoms with Crippen molar-refractivity contribution in [2.45, 2.75) is 13.5 Å². The van der Waals surface area contributed by atoms with E-state index in [1.807, 2.05) is 6.92 Å². The quantitative estimate of drug-likeness (QED) is 0.260. The van der Waals surface area contributed by atoms with Crippen LogP contribution in [0.3, 0.4) is 0 Å². The zero-order valence-corrected chi connectivity index (χ0v) is 19.9. The summed E-state index contributed by atoms with van der Waals surface area (Å²) in [4.78, 5) is 12.1. The zero-order chi connectivity index (χ0) is 23.1. The van der Waals surface area contributed by atoms with E-state index in [1.54, 1.807) is 54.6 Å². The van der Waals surface area contributed by atoms with Gasteiger partial charge in [-0.15, -0.1) is 0 Å². The Hall–Kier alpha value is -2.44. The fraction of sp³-hybridized carbons (Fsp3) is 0.130. The molecule has 0 heterocycles. The third kappa shape index (κ3) is 6.53. The van der Waals surface area contributed by atoms with Gasteiger partial charge in [0, 0.05) is 26.2 Å². The molecule has 166 valence electrons. The number of hydrogen-bond donors (Lipinski definition) is 1. The molecule has 0 radical (unpaired) electrons. The molecule has 0 aromatic heterocycles. The summed E-state index contributed by atoms with van der Waals surface area (Å²) in [7, 11) is 0. The topological polar surface area (TPSA) is 59.9 Å². The predicted octanol–water partition coefficient (Wildman–Crippen LogP) is 7.04. The van der Waals surface area contributed by atoms with Crippen LogP contribution in [-0.4, -0.2) is 18.7 Å². The molecule has 0 aliphatic carbocycles. The lowest BCUT2D eigenvalue weighted by molar-refractivity contribution is 0.0955. The van der Waals surface area contributed by atoms with E-state index in [9.17, 15) is 4.79 Å². The molecule has 5 nitrogen and oxygen atoms in total. The molecule has 0 unspecified atom stereocenters. The van der Waals surface area contributed by atoms with Crippen molar-refractivity contribution >= 4 is 58.5 Å². The Kier molecular flexibility index (Phi) is 8.65. The molecule has 0 saturated carbocycles. The second-order valence-electron chi connectivity index (χ2n) is 6.49. The maximum Gasteiger partial charge on any atom is 0.271 e. The average molecular weight is 512 g/mol. The van der Waals surface area contributed by atoms with E-state index in [2.05, 4.69) is 10.5 Å². The van der Waals surface area contributed by atoms with Gasteiger partial charge in [0.1, 0.15) is 6.61 Å². The number of hydrazone groups is 1. The molecule has 0 saturated heterocycles. The first-order valence-corrected chi connectivity index (χ1v) is 11.0. The van der Waals surface area contributed by atoms with E-state index in [4.69, 9.17) is 55.9 Å². The summed E-state index contributed by atoms with van der Waals surface area (Å²) in [5, 5.41) is 5.89. The molecule has 1 N–H and O–H groups in total. The Balaban J connectivity index is 1.73. The van der Waals surface area contributed by atoms with E-state index in [0.717, 1.165) is 5.56 Å². The van der Waals surface area contributed by atoms with Crippen molar-refractivity contribution in [1.29, 1.82) is 0 Å². The van der Waals surface area contributed by atoms with Crippen molar-refractivity contribution < 1.29 is 14.3 Å². The van der Waals surface area contributed by atoms with Crippen LogP contribution in [0.15, 0.2) is 59.7 Å². The van der Waals surface area contributed by atoms with Crippen molar-refractivity contribution in [2.75, 3.05) is 6.61 Å². The third-order valence-corrected chi connectivity index (χ3v) is 5.32. The van der Waals surface area contributed by atoms with Crippen LogP contribution in [0.1, 0.15) is 28.4 Å². The van der Waals surface area contributed by atoms with Crippen molar-refractivity contribution in [3.05, 3.63) is 91.4 Å². The van der Waals surface area contributed by atoms with Gasteiger partial charge < -0.3 is 9.47 Å². The third-order valence-electron chi connectivity index (χ3n) is 4.20. The first kappa shape index (κ1) is 24.2. The van der Waals surface area contributed by atoms with Gasteiger partial charge in [-0.05, 0) is 61.0 Å². The first-order chi connectivity index (χ1) is 15.4. The highest BCUT2D eigenvalue weighted by atomic mass is 35.5. The lowest BCUT2D eigenvalue weighted by Gasteiger charge is -2.15. The molecule has 3 aromatic rings. The molecule has 0 atom stereocenters. The van der Waals surface area contributed by atoms with Crippen LogP contribution in [0.2, 0.25) is 20.1 Å². The fourth-order valence-electron chi connectivity index (χ4n) is 2.69. The minimum atomic E-state index is -0.367. The van der Waals surface area contributed by atoms with Gasteiger partial charge in [-0.1, -0.05) is 52.5 Å². The lowest BCUT2D eigenvalue weighted by atomic mass is 10.2. The number of nitrogens with zero attached hydrogens (tertiary/aromatic N) is 1. The number of benzene rings is 3. The fourth-order valence-corrected chi connectivity index (χ4v) is 3.55. The monoisotopic (exact) mass is 510 g/mol. The number of hydrogen-bond acceptors (Lipinski definition) is 4. The summed E-state index contributed by atoms with van der Waals surface area (Å²) < 4.78 is 11.6. The summed E-state index contributed by atoms with van der Waals surface area (Å²) >= 11 is 24.4. The largest absolute Gasteiger partial charge is 0.490 e. The SMILES string of the molecule is CCOc1cc(/C=N\NC(=O)c2ccc(Cl)cc2)cc(Cl)c1OCc1ccc(Cl)cc1Cl. The van der Waals surface area contributed by atoms with Crippen molar-refractivity contribution in [3.63, 3.8) is 0 Å². The summed E-state index contributed by atoms with van der Waals surface area (Å²) in [6.45, 7) is 2.43. The average Bonchev–Trinajstić information content (AvgIpc) is 2.75. The number of amides is 1. The normalized spacial score (nSPS) is 10.9. The van der Waals surface area contributed by atoms with Gasteiger partial charge >= 0.3 is 0 Å². The van der Waals surface area contributed by atoms with Crippen molar-refractivity contribution in [3.8, 4) is 11.5 Å². The smallest absolute Gasteiger partial charge is 0.271 e. The van der Waals surface area contributed by atoms with Gasteiger partial charge in [0.15, 0.2) is 11.5 Å². The number of carbonyl (C=O) groups is 1. The van der Waals surface area contributed by atoms with Gasteiger partial charge in [-0.25, -0.2) is 5.43 Å². The predicted molar refractivity (Wildman–Crippen MR) is 130 cm³/mol. The summed E-state index contributed by atoms with van der Waals surface area (Å²) in [6, 6.07) is 15.0. The molecule has 32 heavy (non-hydrogen) atoms. The van der Waals surface area contributed by atoms with Gasteiger partial charge in [-0.2, -0.15) is 5.10 Å². The number of ether oxygens (including phenoxy) is 2. The highest BCUT2D eigenvalue weighted by Crippen LogP contribution is 2.37. The molecule has 0 aliphatic heterocycles. The Labute approximate surface area is 205 Å². The number of nitrogens with one attached hydrogen (secondary N) is 1. The van der Waals surface area contributed by atoms with Crippen LogP contribution >= 0.6 is 46.4 Å². The molecule has 3 aromatic carbocycles. The second-order valence-corrected chi connectivity index (χ2v) is 8.18. The maximum atomic E-state index is 12.1. The number of rotatable bonds is 8. The molecule has 0 bridgehead atoms. The van der Waals surface area contributed by atoms with Crippen LogP contribution in [0, 0.1) is 0 Å². The molecule has 0 aliphatic rings. The van der Waals surface area contributed by atoms with E-state index in [-0.39, 0.29) is 12.5 Å². The van der Waals surface area contributed by atoms with Gasteiger partial charge in [0.25, 0.3) is 5.91 Å². The van der Waals surface area contributed by atoms with Crippen molar-refractivity contribution in [1.82, 2.24) is 5.43 Å². The Morgan fingerprint density at radius 3 is 2.34 bits per heavy atom. The van der Waals surface area contributed by atoms with Crippen LogP contribution in [-0.2, 0) is 6.61 Å². The number of halogens is 4. The van der Waals surface area contributed by atoms with E-state index >= 15 is 0 Å². The zero-order valence-electron chi connectivity index (χ0n) is 16.9. The molecule has 1 amide bonds. The van der Waals surface area contributed by atoms with Crippen LogP contribution in [0.25, 0.3) is 0 Å². The molecule has 0 fully saturated rings. The molecule has 0 spiro atoms. The molecule has 9 heteroatoms. The summed E-state index contributed by atoms with van der Waals surface area (Å²) in [5.74, 6) is 0.450. The van der Waals surface area contributed by atoms with Gasteiger partial charge in [-0.3, -0.25) is 4.79 Å². The standard InChI is InChI=1S/C23H18Cl4N2O3/c1-2-31-21-10-14(12-28-29-23(30)15-3-6-17(24)7-4-15)9-20(27)22(21)32-13-16-5-8-18(25)11-19(16)26/h3-12H,2,13H2,1H3,(H,29,30)/b28-12-. The Morgan fingerprint density at radius 1 is 0.938 bits per heavy atom. The van der Waals surface area contributed by atoms with Gasteiger partial charge in [0.2, 0.25) is 0 Å². The van der Waals surface area contributed by atoms with E-state index in [1.165, 1.54) is 6.21 Å². The molecular weight excluding hydrogens is 494 g/mol. The van der Waals surface area contributed by atoms with Gasteiger partial charge in [0.05, 0.1) is 17.8 Å². The van der Waals surface area contributed by atoms with Crippen LogP contribution in [0.4, 0.5) is 0 Å². The highest BCUT2D eigenvalue weighted by molar-refractivity contribution is 6.35. The van der Waals surface area contributed by atoms with E-state index in [0.29, 0.717) is 49.3 Å². The maximum absolute atomic E-state index is 12.1. The highest BCUT2D eigenvalue weighted by Gasteiger charge is 2.14. The summed E-state index contributed by atoms with van der Waals surface area (Å²) in [6.07, 6.45) is 1.46. The van der Waals surface area contributed by atoms with Crippen LogP contribution in [0.5, 0.6) is 11.5 Å². The minimum absolute atomic E-state index is 0.181. The minimum Gasteiger partial charge on any atom is -0.490 e. The number of carbonyl (C=O) groups excluding carboxylic acids is 1. The summed E-state index contributed by atoms with van der Waals surface area (Å²) in [5.41, 5.74) is 4.26. The molecule has 3 rings (SSSR count). The van der Waals surface area contributed by atoms with Crippen molar-refractivity contribution in [2.24, 2.45) is 5.10 Å². The van der Waals surface area contributed by atoms with E-state index < -0.39 is 0 Å².